The van der Waals surface area contributed by atoms with Crippen LogP contribution in [0.25, 0.3) is 0 Å². The van der Waals surface area contributed by atoms with E-state index in [-0.39, 0.29) is 11.9 Å². The Morgan fingerprint density at radius 3 is 2.86 bits per heavy atom. The Morgan fingerprint density at radius 2 is 2.09 bits per heavy atom. The van der Waals surface area contributed by atoms with Gasteiger partial charge in [0, 0.05) is 18.2 Å². The Morgan fingerprint density at radius 1 is 1.23 bits per heavy atom. The smallest absolute Gasteiger partial charge is 0.154 e. The lowest BCUT2D eigenvalue weighted by atomic mass is 10.1. The fourth-order valence-corrected chi connectivity index (χ4v) is 3.10. The maximum absolute atomic E-state index is 13.9. The van der Waals surface area contributed by atoms with E-state index in [4.69, 9.17) is 4.52 Å². The number of benzene rings is 1. The van der Waals surface area contributed by atoms with Crippen molar-refractivity contribution in [1.29, 1.82) is 0 Å². The summed E-state index contributed by atoms with van der Waals surface area (Å²) in [5.74, 6) is 0.0487. The topological polar surface area (TPSA) is 29.3 Å². The number of nitrogens with zero attached hydrogens (tertiary/aromatic N) is 2. The average molecular weight is 306 g/mol. The van der Waals surface area contributed by atoms with Crippen molar-refractivity contribution < 1.29 is 13.3 Å². The molecule has 3 nitrogen and oxygen atoms in total. The van der Waals surface area contributed by atoms with Gasteiger partial charge in [0.1, 0.15) is 11.6 Å². The summed E-state index contributed by atoms with van der Waals surface area (Å²) in [6.45, 7) is 3.12. The van der Waals surface area contributed by atoms with E-state index in [9.17, 15) is 8.78 Å². The summed E-state index contributed by atoms with van der Waals surface area (Å²) < 4.78 is 32.7. The van der Waals surface area contributed by atoms with E-state index in [1.165, 1.54) is 12.1 Å². The van der Waals surface area contributed by atoms with Crippen LogP contribution < -0.4 is 0 Å². The molecule has 0 spiro atoms. The Hall–Kier alpha value is -1.75. The highest BCUT2D eigenvalue weighted by Crippen LogP contribution is 2.32. The molecule has 0 N–H and O–H groups in total. The SMILES string of the molecule is Cc1cc(C2CCCCCN2Cc2cc(F)ccc2F)on1. The fourth-order valence-electron chi connectivity index (χ4n) is 3.10. The molecule has 118 valence electrons. The number of rotatable bonds is 3. The molecule has 1 aromatic heterocycles. The summed E-state index contributed by atoms with van der Waals surface area (Å²) in [5.41, 5.74) is 1.24. The predicted octanol–water partition coefficient (Wildman–Crippen LogP) is 4.38. The molecule has 1 aromatic carbocycles. The highest BCUT2D eigenvalue weighted by atomic mass is 19.1. The van der Waals surface area contributed by atoms with Crippen molar-refractivity contribution in [2.45, 2.75) is 45.2 Å². The van der Waals surface area contributed by atoms with Crippen molar-refractivity contribution in [3.05, 3.63) is 52.9 Å². The van der Waals surface area contributed by atoms with E-state index in [0.717, 1.165) is 49.7 Å². The largest absolute Gasteiger partial charge is 0.359 e. The summed E-state index contributed by atoms with van der Waals surface area (Å²) in [7, 11) is 0. The van der Waals surface area contributed by atoms with Gasteiger partial charge >= 0.3 is 0 Å². The van der Waals surface area contributed by atoms with Crippen LogP contribution in [0.2, 0.25) is 0 Å². The molecule has 0 saturated carbocycles. The second kappa shape index (κ2) is 6.57. The Kier molecular flexibility index (Phi) is 4.52. The summed E-state index contributed by atoms with van der Waals surface area (Å²) in [6.07, 6.45) is 4.25. The van der Waals surface area contributed by atoms with E-state index in [1.54, 1.807) is 0 Å². The first-order chi connectivity index (χ1) is 10.6. The molecule has 3 rings (SSSR count). The summed E-state index contributed by atoms with van der Waals surface area (Å²) in [6, 6.07) is 5.63. The maximum Gasteiger partial charge on any atom is 0.154 e. The Balaban J connectivity index is 1.85. The molecule has 2 heterocycles. The Bertz CT molecular complexity index is 641. The average Bonchev–Trinajstić information content (AvgIpc) is 2.78. The van der Waals surface area contributed by atoms with Crippen LogP contribution in [0.4, 0.5) is 8.78 Å². The van der Waals surface area contributed by atoms with Crippen LogP contribution in [0.3, 0.4) is 0 Å². The number of aromatic nitrogens is 1. The van der Waals surface area contributed by atoms with Crippen LogP contribution in [0.5, 0.6) is 0 Å². The van der Waals surface area contributed by atoms with Crippen molar-refractivity contribution in [3.63, 3.8) is 0 Å². The molecule has 1 saturated heterocycles. The first-order valence-electron chi connectivity index (χ1n) is 7.74. The van der Waals surface area contributed by atoms with Crippen molar-refractivity contribution in [3.8, 4) is 0 Å². The Labute approximate surface area is 128 Å². The highest BCUT2D eigenvalue weighted by molar-refractivity contribution is 5.19. The molecule has 5 heteroatoms. The van der Waals surface area contributed by atoms with E-state index < -0.39 is 5.82 Å². The van der Waals surface area contributed by atoms with Gasteiger partial charge in [0.2, 0.25) is 0 Å². The third kappa shape index (κ3) is 3.35. The maximum atomic E-state index is 13.9. The molecule has 0 amide bonds. The number of aryl methyl sites for hydroxylation is 1. The zero-order valence-electron chi connectivity index (χ0n) is 12.7. The molecule has 2 aromatic rings. The van der Waals surface area contributed by atoms with Crippen molar-refractivity contribution in [2.24, 2.45) is 0 Å². The second-order valence-corrected chi connectivity index (χ2v) is 5.94. The van der Waals surface area contributed by atoms with Gasteiger partial charge in [0.15, 0.2) is 5.76 Å². The van der Waals surface area contributed by atoms with Gasteiger partial charge in [0.05, 0.1) is 11.7 Å². The van der Waals surface area contributed by atoms with Gasteiger partial charge in [-0.1, -0.05) is 18.0 Å². The zero-order valence-corrected chi connectivity index (χ0v) is 12.7. The van der Waals surface area contributed by atoms with Gasteiger partial charge in [-0.2, -0.15) is 0 Å². The molecule has 1 aliphatic heterocycles. The van der Waals surface area contributed by atoms with Crippen LogP contribution in [0.15, 0.2) is 28.8 Å². The van der Waals surface area contributed by atoms with E-state index in [1.807, 2.05) is 13.0 Å². The van der Waals surface area contributed by atoms with Gasteiger partial charge < -0.3 is 4.52 Å². The minimum absolute atomic E-state index is 0.0753. The molecule has 0 radical (unpaired) electrons. The molecule has 1 unspecified atom stereocenters. The lowest BCUT2D eigenvalue weighted by Crippen LogP contribution is -2.28. The molecular formula is C17H20F2N2O. The zero-order chi connectivity index (χ0) is 15.5. The lowest BCUT2D eigenvalue weighted by molar-refractivity contribution is 0.158. The third-order valence-electron chi connectivity index (χ3n) is 4.22. The second-order valence-electron chi connectivity index (χ2n) is 5.94. The van der Waals surface area contributed by atoms with Crippen LogP contribution >= 0.6 is 0 Å². The van der Waals surface area contributed by atoms with Crippen LogP contribution in [-0.2, 0) is 6.54 Å². The molecule has 0 bridgehead atoms. The molecular weight excluding hydrogens is 286 g/mol. The summed E-state index contributed by atoms with van der Waals surface area (Å²) in [5, 5.41) is 3.96. The normalized spacial score (nSPS) is 20.0. The monoisotopic (exact) mass is 306 g/mol. The molecule has 22 heavy (non-hydrogen) atoms. The fraction of sp³-hybridized carbons (Fsp3) is 0.471. The molecule has 1 fully saturated rings. The first-order valence-corrected chi connectivity index (χ1v) is 7.74. The van der Waals surface area contributed by atoms with E-state index in [2.05, 4.69) is 10.1 Å². The minimum Gasteiger partial charge on any atom is -0.359 e. The number of hydrogen-bond acceptors (Lipinski definition) is 3. The van der Waals surface area contributed by atoms with Crippen molar-refractivity contribution in [1.82, 2.24) is 10.1 Å². The highest BCUT2D eigenvalue weighted by Gasteiger charge is 2.26. The lowest BCUT2D eigenvalue weighted by Gasteiger charge is -2.28. The van der Waals surface area contributed by atoms with Gasteiger partial charge in [0.25, 0.3) is 0 Å². The van der Waals surface area contributed by atoms with Gasteiger partial charge in [-0.15, -0.1) is 0 Å². The number of likely N-dealkylation sites (tertiary alicyclic amines) is 1. The van der Waals surface area contributed by atoms with Crippen molar-refractivity contribution in [2.75, 3.05) is 6.54 Å². The van der Waals surface area contributed by atoms with Gasteiger partial charge in [-0.3, -0.25) is 4.90 Å². The summed E-state index contributed by atoms with van der Waals surface area (Å²) >= 11 is 0. The van der Waals surface area contributed by atoms with E-state index in [0.29, 0.717) is 12.1 Å². The molecule has 0 aliphatic carbocycles. The predicted molar refractivity (Wildman–Crippen MR) is 79.2 cm³/mol. The van der Waals surface area contributed by atoms with Gasteiger partial charge in [-0.25, -0.2) is 8.78 Å². The number of halogens is 2. The third-order valence-corrected chi connectivity index (χ3v) is 4.22. The molecule has 1 aliphatic rings. The van der Waals surface area contributed by atoms with E-state index >= 15 is 0 Å². The van der Waals surface area contributed by atoms with Crippen molar-refractivity contribution >= 4 is 0 Å². The summed E-state index contributed by atoms with van der Waals surface area (Å²) in [4.78, 5) is 2.17. The standard InChI is InChI=1S/C17H20F2N2O/c1-12-9-17(22-20-12)16-5-3-2-4-8-21(16)11-13-10-14(18)6-7-15(13)19/h6-7,9-10,16H,2-5,8,11H2,1H3. The van der Waals surface area contributed by atoms with Gasteiger partial charge in [-0.05, 0) is 44.5 Å². The van der Waals surface area contributed by atoms with Crippen LogP contribution in [0, 0.1) is 18.6 Å². The van der Waals surface area contributed by atoms with Crippen LogP contribution in [0.1, 0.15) is 48.7 Å². The first kappa shape index (κ1) is 15.2. The quantitative estimate of drug-likeness (QED) is 0.843. The van der Waals surface area contributed by atoms with Crippen LogP contribution in [-0.4, -0.2) is 16.6 Å². The number of hydrogen-bond donors (Lipinski definition) is 0. The minimum atomic E-state index is -0.404. The molecule has 1 atom stereocenters.